The average molecular weight is 920 g/mol. The molecule has 1 aromatic heterocycles. The molecular weight excluding hydrogens is 876 g/mol. The van der Waals surface area contributed by atoms with Crippen LogP contribution in [0.1, 0.15) is 0 Å². The van der Waals surface area contributed by atoms with Gasteiger partial charge in [0, 0.05) is 17.1 Å². The van der Waals surface area contributed by atoms with Gasteiger partial charge in [-0.1, -0.05) is 121 Å². The Labute approximate surface area is 397 Å². The molecule has 0 saturated heterocycles. The van der Waals surface area contributed by atoms with Crippen molar-refractivity contribution in [3.8, 4) is 44.5 Å². The second kappa shape index (κ2) is 17.6. The van der Waals surface area contributed by atoms with E-state index in [1.54, 1.807) is 0 Å². The first-order valence-electron chi connectivity index (χ1n) is 22.8. The first-order valence-corrected chi connectivity index (χ1v) is 24.5. The number of nitrogens with zero attached hydrogens (tertiary/aromatic N) is 2. The maximum absolute atomic E-state index is 2.39. The quantitative estimate of drug-likeness (QED) is 0.126. The summed E-state index contributed by atoms with van der Waals surface area (Å²) in [5.74, 6) is 0. The van der Waals surface area contributed by atoms with Crippen LogP contribution in [0, 0.1) is 0 Å². The van der Waals surface area contributed by atoms with Crippen LogP contribution in [0.3, 0.4) is 0 Å². The third-order valence-electron chi connectivity index (χ3n) is 12.9. The molecule has 0 unspecified atom stereocenters. The molecule has 11 aromatic carbocycles. The maximum atomic E-state index is 2.39. The van der Waals surface area contributed by atoms with Crippen LogP contribution < -0.4 is 9.80 Å². The zero-order valence-corrected chi connectivity index (χ0v) is 38.4. The van der Waals surface area contributed by atoms with Gasteiger partial charge in [-0.05, 0) is 69.8 Å². The number of benzene rings is 11. The first-order chi connectivity index (χ1) is 33.2. The zero-order valence-electron chi connectivity index (χ0n) is 36.7. The van der Waals surface area contributed by atoms with Crippen LogP contribution in [0.4, 0.5) is 34.1 Å². The standard InChI is InChI=1S/C64H44N2Se/c1-3-12-45(13-4-1)47-22-33-54(34-23-47)65(55-35-24-48(25-36-55)46-14-5-2-6-15-46)56-37-26-49(27-38-56)50-28-39-57(40-29-50)66(62-20-11-17-52-16-7-8-18-59(52)62)58-41-30-51(31-42-58)53-32-43-64-61(44-53)60-19-9-10-21-63(60)67-64/h1-44H. The number of hydrogen-bond acceptors (Lipinski definition) is 2. The van der Waals surface area contributed by atoms with E-state index >= 15 is 0 Å². The second-order valence-electron chi connectivity index (χ2n) is 16.9. The van der Waals surface area contributed by atoms with E-state index in [4.69, 9.17) is 0 Å². The van der Waals surface area contributed by atoms with Crippen molar-refractivity contribution < 1.29 is 0 Å². The predicted octanol–water partition coefficient (Wildman–Crippen LogP) is 17.8. The SMILES string of the molecule is c1ccc(-c2ccc(N(c3ccc(-c4ccccc4)cc3)c3ccc(-c4ccc(N(c5ccc(-c6ccc7[se]c8ccccc8c7c6)cc5)c5cccc6ccccc56)cc4)cc3)cc2)cc1. The van der Waals surface area contributed by atoms with Gasteiger partial charge < -0.3 is 4.90 Å². The summed E-state index contributed by atoms with van der Waals surface area (Å²) < 4.78 is 2.94. The molecular formula is C64H44N2Se. The fourth-order valence-electron chi connectivity index (χ4n) is 9.46. The summed E-state index contributed by atoms with van der Waals surface area (Å²) in [6.07, 6.45) is 0. The van der Waals surface area contributed by atoms with Gasteiger partial charge in [-0.2, -0.15) is 0 Å². The molecule has 0 fully saturated rings. The van der Waals surface area contributed by atoms with Crippen LogP contribution in [-0.2, 0) is 0 Å². The van der Waals surface area contributed by atoms with Crippen molar-refractivity contribution in [3.63, 3.8) is 0 Å². The molecule has 0 radical (unpaired) electrons. The molecule has 1 heterocycles. The van der Waals surface area contributed by atoms with Crippen molar-refractivity contribution in [3.05, 3.63) is 267 Å². The van der Waals surface area contributed by atoms with Crippen LogP contribution in [-0.4, -0.2) is 14.5 Å². The Morgan fingerprint density at radius 3 is 1.09 bits per heavy atom. The van der Waals surface area contributed by atoms with Crippen molar-refractivity contribution in [1.82, 2.24) is 0 Å². The topological polar surface area (TPSA) is 6.48 Å². The summed E-state index contributed by atoms with van der Waals surface area (Å²) in [5.41, 5.74) is 16.2. The predicted molar refractivity (Wildman–Crippen MR) is 287 cm³/mol. The molecule has 3 heteroatoms. The Morgan fingerprint density at radius 1 is 0.224 bits per heavy atom. The fourth-order valence-corrected chi connectivity index (χ4v) is 11.7. The minimum atomic E-state index is 0.362. The molecule has 12 rings (SSSR count). The molecule has 0 amide bonds. The van der Waals surface area contributed by atoms with Crippen LogP contribution in [0.2, 0.25) is 0 Å². The minimum absolute atomic E-state index is 0.362. The Kier molecular flexibility index (Phi) is 10.6. The Balaban J connectivity index is 0.870. The van der Waals surface area contributed by atoms with Crippen molar-refractivity contribution in [2.24, 2.45) is 0 Å². The van der Waals surface area contributed by atoms with E-state index in [0.717, 1.165) is 45.3 Å². The van der Waals surface area contributed by atoms with Gasteiger partial charge in [0.25, 0.3) is 0 Å². The second-order valence-corrected chi connectivity index (χ2v) is 19.2. The van der Waals surface area contributed by atoms with E-state index < -0.39 is 0 Å². The van der Waals surface area contributed by atoms with E-state index in [1.165, 1.54) is 63.4 Å². The van der Waals surface area contributed by atoms with Gasteiger partial charge in [-0.15, -0.1) is 0 Å². The van der Waals surface area contributed by atoms with Crippen molar-refractivity contribution in [2.75, 3.05) is 9.80 Å². The van der Waals surface area contributed by atoms with Crippen LogP contribution >= 0.6 is 0 Å². The monoisotopic (exact) mass is 920 g/mol. The van der Waals surface area contributed by atoms with Crippen molar-refractivity contribution in [1.29, 1.82) is 0 Å². The third kappa shape index (κ3) is 7.91. The number of anilines is 6. The van der Waals surface area contributed by atoms with Gasteiger partial charge in [-0.3, -0.25) is 0 Å². The van der Waals surface area contributed by atoms with E-state index in [0.29, 0.717) is 14.5 Å². The molecule has 2 nitrogen and oxygen atoms in total. The van der Waals surface area contributed by atoms with Crippen molar-refractivity contribution in [2.45, 2.75) is 0 Å². The third-order valence-corrected chi connectivity index (χ3v) is 15.3. The van der Waals surface area contributed by atoms with Gasteiger partial charge in [0.05, 0.1) is 0 Å². The molecule has 67 heavy (non-hydrogen) atoms. The average Bonchev–Trinajstić information content (AvgIpc) is 3.79. The number of rotatable bonds is 10. The summed E-state index contributed by atoms with van der Waals surface area (Å²) in [6.45, 7) is 0. The molecule has 12 aromatic rings. The van der Waals surface area contributed by atoms with Crippen molar-refractivity contribution >= 4 is 78.7 Å². The summed E-state index contributed by atoms with van der Waals surface area (Å²) in [5, 5.41) is 5.19. The van der Waals surface area contributed by atoms with E-state index in [-0.39, 0.29) is 0 Å². The Morgan fingerprint density at radius 2 is 0.582 bits per heavy atom. The number of fused-ring (bicyclic) bond motifs is 4. The normalized spacial score (nSPS) is 11.3. The molecule has 316 valence electrons. The van der Waals surface area contributed by atoms with E-state index in [1.807, 2.05) is 0 Å². The molecule has 0 N–H and O–H groups in total. The summed E-state index contributed by atoms with van der Waals surface area (Å²) in [7, 11) is 0. The summed E-state index contributed by atoms with van der Waals surface area (Å²) >= 11 is 0.362. The van der Waals surface area contributed by atoms with Gasteiger partial charge in [0.2, 0.25) is 0 Å². The molecule has 0 spiro atoms. The molecule has 0 aliphatic carbocycles. The summed E-state index contributed by atoms with van der Waals surface area (Å²) in [4.78, 5) is 4.73. The fraction of sp³-hybridized carbons (Fsp3) is 0. The first kappa shape index (κ1) is 40.3. The van der Waals surface area contributed by atoms with Crippen LogP contribution in [0.5, 0.6) is 0 Å². The summed E-state index contributed by atoms with van der Waals surface area (Å²) in [6, 6.07) is 97.1. The van der Waals surface area contributed by atoms with Crippen LogP contribution in [0.15, 0.2) is 267 Å². The van der Waals surface area contributed by atoms with Gasteiger partial charge in [0.15, 0.2) is 0 Å². The van der Waals surface area contributed by atoms with Gasteiger partial charge in [0.1, 0.15) is 0 Å². The van der Waals surface area contributed by atoms with Gasteiger partial charge in [-0.25, -0.2) is 0 Å². The van der Waals surface area contributed by atoms with E-state index in [2.05, 4.69) is 277 Å². The molecule has 0 aliphatic rings. The smallest absolute Gasteiger partial charge is 0.0617 e. The Bertz CT molecular complexity index is 3550. The molecule has 0 bridgehead atoms. The molecule has 0 aliphatic heterocycles. The minimum Gasteiger partial charge on any atom is -0.0617 e. The Hall–Kier alpha value is -8.20. The zero-order chi connectivity index (χ0) is 44.5. The molecule has 0 saturated carbocycles. The molecule has 0 atom stereocenters. The van der Waals surface area contributed by atoms with E-state index in [9.17, 15) is 0 Å². The van der Waals surface area contributed by atoms with Gasteiger partial charge >= 0.3 is 187 Å². The number of hydrogen-bond donors (Lipinski definition) is 0. The van der Waals surface area contributed by atoms with Crippen LogP contribution in [0.25, 0.3) is 74.6 Å².